The third-order valence-electron chi connectivity index (χ3n) is 2.92. The number of hydrogen-bond donors (Lipinski definition) is 2. The monoisotopic (exact) mass is 288 g/mol. The highest BCUT2D eigenvalue weighted by Gasteiger charge is 2.08. The van der Waals surface area contributed by atoms with Gasteiger partial charge in [0.2, 0.25) is 0 Å². The van der Waals surface area contributed by atoms with Gasteiger partial charge in [-0.25, -0.2) is 14.2 Å². The lowest BCUT2D eigenvalue weighted by Crippen LogP contribution is -2.23. The van der Waals surface area contributed by atoms with Gasteiger partial charge in [0, 0.05) is 18.3 Å². The van der Waals surface area contributed by atoms with Crippen molar-refractivity contribution in [3.8, 4) is 0 Å². The Kier molecular flexibility index (Phi) is 4.27. The molecular formula is C15H13FN2O3. The van der Waals surface area contributed by atoms with E-state index in [1.807, 2.05) is 0 Å². The van der Waals surface area contributed by atoms with Crippen molar-refractivity contribution < 1.29 is 19.1 Å². The van der Waals surface area contributed by atoms with E-state index >= 15 is 0 Å². The van der Waals surface area contributed by atoms with Gasteiger partial charge in [0.1, 0.15) is 11.5 Å². The number of carboxylic acid groups (broad SMARTS) is 1. The maximum Gasteiger partial charge on any atom is 0.354 e. The average molecular weight is 288 g/mol. The number of carboxylic acids is 1. The Morgan fingerprint density at radius 1 is 1.29 bits per heavy atom. The number of benzene rings is 1. The number of nitrogens with zero attached hydrogens (tertiary/aromatic N) is 1. The number of amides is 1. The largest absolute Gasteiger partial charge is 0.477 e. The standard InChI is InChI=1S/C15H13FN2O3/c1-9-6-11(3-4-12(9)16)14(19)18-8-10-2-5-13(15(20)21)17-7-10/h2-7H,8H2,1H3,(H,18,19)(H,20,21). The number of aromatic carboxylic acids is 1. The van der Waals surface area contributed by atoms with E-state index in [2.05, 4.69) is 10.3 Å². The van der Waals surface area contributed by atoms with Crippen molar-refractivity contribution in [2.75, 3.05) is 0 Å². The molecule has 2 rings (SSSR count). The first-order chi connectivity index (χ1) is 9.97. The maximum absolute atomic E-state index is 13.1. The van der Waals surface area contributed by atoms with Gasteiger partial charge in [-0.3, -0.25) is 4.79 Å². The second-order valence-electron chi connectivity index (χ2n) is 4.50. The normalized spacial score (nSPS) is 10.2. The first-order valence-electron chi connectivity index (χ1n) is 6.20. The zero-order valence-electron chi connectivity index (χ0n) is 11.3. The third-order valence-corrected chi connectivity index (χ3v) is 2.92. The predicted octanol–water partition coefficient (Wildman–Crippen LogP) is 2.16. The molecule has 6 heteroatoms. The molecular weight excluding hydrogens is 275 g/mol. The van der Waals surface area contributed by atoms with Crippen LogP contribution in [0.5, 0.6) is 0 Å². The minimum Gasteiger partial charge on any atom is -0.477 e. The van der Waals surface area contributed by atoms with Gasteiger partial charge in [-0.2, -0.15) is 0 Å². The first kappa shape index (κ1) is 14.6. The van der Waals surface area contributed by atoms with Crippen molar-refractivity contribution in [2.45, 2.75) is 13.5 Å². The minimum absolute atomic E-state index is 0.0563. The van der Waals surface area contributed by atoms with Gasteiger partial charge >= 0.3 is 5.97 Å². The molecule has 0 aliphatic rings. The van der Waals surface area contributed by atoms with Gasteiger partial charge in [0.15, 0.2) is 0 Å². The van der Waals surface area contributed by atoms with Gasteiger partial charge in [0.25, 0.3) is 5.91 Å². The maximum atomic E-state index is 13.1. The Morgan fingerprint density at radius 3 is 2.62 bits per heavy atom. The van der Waals surface area contributed by atoms with E-state index < -0.39 is 5.97 Å². The van der Waals surface area contributed by atoms with Crippen LogP contribution in [0.25, 0.3) is 0 Å². The van der Waals surface area contributed by atoms with Crippen molar-refractivity contribution in [3.05, 3.63) is 64.7 Å². The van der Waals surface area contributed by atoms with Crippen LogP contribution in [0, 0.1) is 12.7 Å². The second-order valence-corrected chi connectivity index (χ2v) is 4.50. The molecule has 0 bridgehead atoms. The van der Waals surface area contributed by atoms with Gasteiger partial charge in [-0.15, -0.1) is 0 Å². The fourth-order valence-corrected chi connectivity index (χ4v) is 1.73. The molecule has 1 heterocycles. The van der Waals surface area contributed by atoms with E-state index in [-0.39, 0.29) is 24.0 Å². The molecule has 1 aromatic heterocycles. The summed E-state index contributed by atoms with van der Waals surface area (Å²) in [5.41, 5.74) is 1.38. The van der Waals surface area contributed by atoms with Gasteiger partial charge in [-0.1, -0.05) is 6.07 Å². The van der Waals surface area contributed by atoms with Crippen LogP contribution in [-0.4, -0.2) is 22.0 Å². The molecule has 0 spiro atoms. The van der Waals surface area contributed by atoms with Crippen molar-refractivity contribution in [2.24, 2.45) is 0 Å². The molecule has 0 radical (unpaired) electrons. The molecule has 0 fully saturated rings. The molecule has 1 amide bonds. The summed E-state index contributed by atoms with van der Waals surface area (Å²) in [4.78, 5) is 26.3. The van der Waals surface area contributed by atoms with Crippen molar-refractivity contribution in [1.29, 1.82) is 0 Å². The lowest BCUT2D eigenvalue weighted by atomic mass is 10.1. The van der Waals surface area contributed by atoms with Crippen molar-refractivity contribution in [1.82, 2.24) is 10.3 Å². The fourth-order valence-electron chi connectivity index (χ4n) is 1.73. The molecule has 0 aliphatic heterocycles. The van der Waals surface area contributed by atoms with Crippen LogP contribution < -0.4 is 5.32 Å². The summed E-state index contributed by atoms with van der Waals surface area (Å²) in [5, 5.41) is 11.4. The number of rotatable bonds is 4. The number of carbonyl (C=O) groups is 2. The lowest BCUT2D eigenvalue weighted by molar-refractivity contribution is 0.0690. The minimum atomic E-state index is -1.10. The molecule has 21 heavy (non-hydrogen) atoms. The van der Waals surface area contributed by atoms with Crippen LogP contribution in [0.4, 0.5) is 4.39 Å². The summed E-state index contributed by atoms with van der Waals surface area (Å²) in [6.07, 6.45) is 1.39. The van der Waals surface area contributed by atoms with E-state index in [1.165, 1.54) is 30.5 Å². The lowest BCUT2D eigenvalue weighted by Gasteiger charge is -2.06. The smallest absolute Gasteiger partial charge is 0.354 e. The molecule has 0 aliphatic carbocycles. The summed E-state index contributed by atoms with van der Waals surface area (Å²) in [6.45, 7) is 1.79. The molecule has 108 valence electrons. The molecule has 1 aromatic carbocycles. The zero-order valence-corrected chi connectivity index (χ0v) is 11.3. The molecule has 2 aromatic rings. The van der Waals surface area contributed by atoms with E-state index in [1.54, 1.807) is 13.0 Å². The predicted molar refractivity (Wildman–Crippen MR) is 73.5 cm³/mol. The number of carbonyl (C=O) groups excluding carboxylic acids is 1. The number of nitrogens with one attached hydrogen (secondary N) is 1. The van der Waals surface area contributed by atoms with Crippen molar-refractivity contribution >= 4 is 11.9 Å². The van der Waals surface area contributed by atoms with Gasteiger partial charge in [-0.05, 0) is 42.3 Å². The molecule has 0 atom stereocenters. The number of halogens is 1. The average Bonchev–Trinajstić information content (AvgIpc) is 2.48. The van der Waals surface area contributed by atoms with Crippen LogP contribution >= 0.6 is 0 Å². The van der Waals surface area contributed by atoms with Crippen LogP contribution in [0.2, 0.25) is 0 Å². The van der Waals surface area contributed by atoms with E-state index in [0.717, 1.165) is 0 Å². The highest BCUT2D eigenvalue weighted by molar-refractivity contribution is 5.94. The SMILES string of the molecule is Cc1cc(C(=O)NCc2ccc(C(=O)O)nc2)ccc1F. The third kappa shape index (κ3) is 3.62. The summed E-state index contributed by atoms with van der Waals surface area (Å²) in [5.74, 6) is -1.80. The molecule has 0 unspecified atom stereocenters. The van der Waals surface area contributed by atoms with Gasteiger partial charge in [0.05, 0.1) is 0 Å². The second kappa shape index (κ2) is 6.13. The van der Waals surface area contributed by atoms with Crippen LogP contribution in [0.15, 0.2) is 36.5 Å². The number of pyridine rings is 1. The molecule has 5 nitrogen and oxygen atoms in total. The highest BCUT2D eigenvalue weighted by Crippen LogP contribution is 2.09. The molecule has 0 saturated carbocycles. The summed E-state index contributed by atoms with van der Waals surface area (Å²) in [7, 11) is 0. The number of aryl methyl sites for hydroxylation is 1. The Labute approximate surface area is 120 Å². The first-order valence-corrected chi connectivity index (χ1v) is 6.20. The summed E-state index contributed by atoms with van der Waals surface area (Å²) < 4.78 is 13.1. The van der Waals surface area contributed by atoms with Crippen LogP contribution in [-0.2, 0) is 6.54 Å². The highest BCUT2D eigenvalue weighted by atomic mass is 19.1. The van der Waals surface area contributed by atoms with E-state index in [9.17, 15) is 14.0 Å². The Hall–Kier alpha value is -2.76. The van der Waals surface area contributed by atoms with E-state index in [4.69, 9.17) is 5.11 Å². The van der Waals surface area contributed by atoms with E-state index in [0.29, 0.717) is 16.7 Å². The zero-order chi connectivity index (χ0) is 15.4. The molecule has 2 N–H and O–H groups in total. The Morgan fingerprint density at radius 2 is 2.05 bits per heavy atom. The number of hydrogen-bond acceptors (Lipinski definition) is 3. The molecule has 0 saturated heterocycles. The summed E-state index contributed by atoms with van der Waals surface area (Å²) >= 11 is 0. The van der Waals surface area contributed by atoms with Crippen LogP contribution in [0.3, 0.4) is 0 Å². The number of aromatic nitrogens is 1. The quantitative estimate of drug-likeness (QED) is 0.903. The Bertz CT molecular complexity index is 684. The van der Waals surface area contributed by atoms with Crippen molar-refractivity contribution in [3.63, 3.8) is 0 Å². The van der Waals surface area contributed by atoms with Gasteiger partial charge < -0.3 is 10.4 Å². The Balaban J connectivity index is 2.00. The topological polar surface area (TPSA) is 79.3 Å². The fraction of sp³-hybridized carbons (Fsp3) is 0.133. The van der Waals surface area contributed by atoms with Crippen LogP contribution in [0.1, 0.15) is 32.0 Å². The summed E-state index contributed by atoms with van der Waals surface area (Å²) in [6, 6.07) is 7.06.